The zero-order chi connectivity index (χ0) is 14.9. The molecule has 1 aromatic rings. The van der Waals surface area contributed by atoms with Gasteiger partial charge in [-0.25, -0.2) is 4.79 Å². The van der Waals surface area contributed by atoms with Gasteiger partial charge in [0.15, 0.2) is 0 Å². The fourth-order valence-corrected chi connectivity index (χ4v) is 2.42. The Balaban J connectivity index is 2.19. The van der Waals surface area contributed by atoms with E-state index in [4.69, 9.17) is 28.3 Å². The van der Waals surface area contributed by atoms with E-state index in [0.717, 1.165) is 0 Å². The molecule has 1 aromatic carbocycles. The minimum Gasteiger partial charge on any atom is -0.478 e. The van der Waals surface area contributed by atoms with Crippen LogP contribution in [-0.4, -0.2) is 28.9 Å². The van der Waals surface area contributed by atoms with Crippen LogP contribution in [0.5, 0.6) is 0 Å². The summed E-state index contributed by atoms with van der Waals surface area (Å²) in [6.45, 7) is 0. The number of carboxylic acid groups (broad SMARTS) is 1. The van der Waals surface area contributed by atoms with E-state index in [2.05, 4.69) is 10.6 Å². The molecule has 1 aliphatic rings. The van der Waals surface area contributed by atoms with Crippen LogP contribution in [0.4, 0.5) is 5.69 Å². The Morgan fingerprint density at radius 1 is 1.30 bits per heavy atom. The first kappa shape index (κ1) is 14.6. The van der Waals surface area contributed by atoms with E-state index in [1.54, 1.807) is 0 Å². The molecule has 1 unspecified atom stereocenters. The van der Waals surface area contributed by atoms with Crippen molar-refractivity contribution >= 4 is 46.7 Å². The quantitative estimate of drug-likeness (QED) is 0.793. The van der Waals surface area contributed by atoms with E-state index in [0.29, 0.717) is 6.42 Å². The zero-order valence-electron chi connectivity index (χ0n) is 10.1. The highest BCUT2D eigenvalue weighted by atomic mass is 35.5. The van der Waals surface area contributed by atoms with E-state index >= 15 is 0 Å². The number of carbonyl (C=O) groups is 3. The van der Waals surface area contributed by atoms with Crippen LogP contribution in [0.15, 0.2) is 12.1 Å². The normalized spacial score (nSPS) is 17.7. The highest BCUT2D eigenvalue weighted by Crippen LogP contribution is 2.32. The highest BCUT2D eigenvalue weighted by molar-refractivity contribution is 6.40. The average molecular weight is 317 g/mol. The van der Waals surface area contributed by atoms with E-state index in [-0.39, 0.29) is 33.6 Å². The third-order valence-electron chi connectivity index (χ3n) is 2.85. The number of hydrogen-bond donors (Lipinski definition) is 3. The Morgan fingerprint density at radius 2 is 1.90 bits per heavy atom. The summed E-state index contributed by atoms with van der Waals surface area (Å²) < 4.78 is 0. The van der Waals surface area contributed by atoms with Crippen molar-refractivity contribution < 1.29 is 19.5 Å². The van der Waals surface area contributed by atoms with Crippen LogP contribution in [-0.2, 0) is 9.59 Å². The van der Waals surface area contributed by atoms with Gasteiger partial charge in [0.05, 0.1) is 21.3 Å². The lowest BCUT2D eigenvalue weighted by atomic mass is 10.2. The number of benzene rings is 1. The predicted molar refractivity (Wildman–Crippen MR) is 73.2 cm³/mol. The molecule has 0 spiro atoms. The summed E-state index contributed by atoms with van der Waals surface area (Å²) in [5, 5.41) is 13.9. The Labute approximate surface area is 124 Å². The van der Waals surface area contributed by atoms with E-state index in [9.17, 15) is 14.4 Å². The maximum atomic E-state index is 11.9. The predicted octanol–water partition coefficient (Wildman–Crippen LogP) is 1.91. The van der Waals surface area contributed by atoms with Gasteiger partial charge in [0.2, 0.25) is 11.8 Å². The minimum absolute atomic E-state index is 0.0209. The molecule has 2 amide bonds. The third-order valence-corrected chi connectivity index (χ3v) is 3.45. The lowest BCUT2D eigenvalue weighted by molar-refractivity contribution is -0.122. The number of rotatable bonds is 3. The van der Waals surface area contributed by atoms with Crippen molar-refractivity contribution in [3.05, 3.63) is 27.7 Å². The number of carbonyl (C=O) groups excluding carboxylic acids is 2. The van der Waals surface area contributed by atoms with Gasteiger partial charge in [-0.2, -0.15) is 0 Å². The summed E-state index contributed by atoms with van der Waals surface area (Å²) in [5.41, 5.74) is 0.0525. The van der Waals surface area contributed by atoms with Crippen LogP contribution in [0.3, 0.4) is 0 Å². The summed E-state index contributed by atoms with van der Waals surface area (Å²) in [4.78, 5) is 33.8. The molecule has 1 heterocycles. The van der Waals surface area contributed by atoms with Crippen LogP contribution in [0.2, 0.25) is 10.0 Å². The molecular formula is C12H10Cl2N2O4. The molecule has 0 bridgehead atoms. The largest absolute Gasteiger partial charge is 0.478 e. The molecule has 0 radical (unpaired) electrons. The average Bonchev–Trinajstić information content (AvgIpc) is 2.80. The Morgan fingerprint density at radius 3 is 2.35 bits per heavy atom. The second-order valence-corrected chi connectivity index (χ2v) is 5.08. The molecule has 0 saturated carbocycles. The van der Waals surface area contributed by atoms with Crippen LogP contribution in [0, 0.1) is 0 Å². The second-order valence-electron chi connectivity index (χ2n) is 4.27. The minimum atomic E-state index is -1.17. The first-order chi connectivity index (χ1) is 9.38. The van der Waals surface area contributed by atoms with Gasteiger partial charge >= 0.3 is 5.97 Å². The number of aromatic carboxylic acids is 1. The van der Waals surface area contributed by atoms with Gasteiger partial charge < -0.3 is 15.7 Å². The summed E-state index contributed by atoms with van der Waals surface area (Å²) in [5.74, 6) is -1.80. The van der Waals surface area contributed by atoms with Crippen molar-refractivity contribution in [2.45, 2.75) is 18.9 Å². The fraction of sp³-hybridized carbons (Fsp3) is 0.250. The monoisotopic (exact) mass is 316 g/mol. The second kappa shape index (κ2) is 5.68. The number of amides is 2. The first-order valence-electron chi connectivity index (χ1n) is 5.71. The smallest absolute Gasteiger partial charge is 0.335 e. The van der Waals surface area contributed by atoms with Gasteiger partial charge in [-0.3, -0.25) is 9.59 Å². The molecule has 0 aliphatic carbocycles. The van der Waals surface area contributed by atoms with Crippen molar-refractivity contribution in [2.75, 3.05) is 5.32 Å². The molecule has 1 atom stereocenters. The lowest BCUT2D eigenvalue weighted by Crippen LogP contribution is -2.37. The van der Waals surface area contributed by atoms with Crippen LogP contribution >= 0.6 is 23.2 Å². The maximum absolute atomic E-state index is 11.9. The van der Waals surface area contributed by atoms with E-state index in [1.807, 2.05) is 0 Å². The third kappa shape index (κ3) is 3.02. The number of hydrogen-bond acceptors (Lipinski definition) is 3. The van der Waals surface area contributed by atoms with Gasteiger partial charge in [0.25, 0.3) is 0 Å². The number of anilines is 1. The molecule has 1 aliphatic heterocycles. The maximum Gasteiger partial charge on any atom is 0.335 e. The van der Waals surface area contributed by atoms with Gasteiger partial charge in [-0.05, 0) is 18.6 Å². The lowest BCUT2D eigenvalue weighted by Gasteiger charge is -2.13. The molecular weight excluding hydrogens is 307 g/mol. The van der Waals surface area contributed by atoms with Gasteiger partial charge in [-0.1, -0.05) is 23.2 Å². The van der Waals surface area contributed by atoms with Crippen molar-refractivity contribution in [1.82, 2.24) is 5.32 Å². The first-order valence-corrected chi connectivity index (χ1v) is 6.46. The van der Waals surface area contributed by atoms with Crippen molar-refractivity contribution in [3.63, 3.8) is 0 Å². The van der Waals surface area contributed by atoms with Gasteiger partial charge in [0, 0.05) is 6.42 Å². The van der Waals surface area contributed by atoms with Crippen molar-refractivity contribution in [3.8, 4) is 0 Å². The molecule has 20 heavy (non-hydrogen) atoms. The van der Waals surface area contributed by atoms with Crippen LogP contribution < -0.4 is 10.6 Å². The summed E-state index contributed by atoms with van der Waals surface area (Å²) in [7, 11) is 0. The summed E-state index contributed by atoms with van der Waals surface area (Å²) in [6.07, 6.45) is 0.685. The number of carboxylic acids is 1. The Hall–Kier alpha value is -1.79. The standard InChI is InChI=1S/C12H10Cl2N2O4/c13-6-3-5(12(19)20)4-7(14)10(6)16-11(18)8-1-2-9(17)15-8/h3-4,8H,1-2H2,(H,15,17)(H,16,18)(H,19,20). The molecule has 8 heteroatoms. The molecule has 1 saturated heterocycles. The zero-order valence-corrected chi connectivity index (χ0v) is 11.6. The molecule has 3 N–H and O–H groups in total. The number of halogens is 2. The molecule has 106 valence electrons. The molecule has 2 rings (SSSR count). The molecule has 1 fully saturated rings. The van der Waals surface area contributed by atoms with E-state index < -0.39 is 17.9 Å². The summed E-state index contributed by atoms with van der Waals surface area (Å²) >= 11 is 11.8. The van der Waals surface area contributed by atoms with Gasteiger partial charge in [0.1, 0.15) is 6.04 Å². The molecule has 6 nitrogen and oxygen atoms in total. The van der Waals surface area contributed by atoms with Gasteiger partial charge in [-0.15, -0.1) is 0 Å². The Kier molecular flexibility index (Phi) is 4.15. The number of nitrogens with one attached hydrogen (secondary N) is 2. The summed E-state index contributed by atoms with van der Waals surface area (Å²) in [6, 6.07) is 1.76. The van der Waals surface area contributed by atoms with Crippen LogP contribution in [0.25, 0.3) is 0 Å². The Bertz CT molecular complexity index is 580. The highest BCUT2D eigenvalue weighted by Gasteiger charge is 2.28. The van der Waals surface area contributed by atoms with E-state index in [1.165, 1.54) is 12.1 Å². The fourth-order valence-electron chi connectivity index (χ4n) is 1.84. The SMILES string of the molecule is O=C1CCC(C(=O)Nc2c(Cl)cc(C(=O)O)cc2Cl)N1. The molecule has 0 aromatic heterocycles. The van der Waals surface area contributed by atoms with Crippen LogP contribution in [0.1, 0.15) is 23.2 Å². The van der Waals surface area contributed by atoms with Crippen molar-refractivity contribution in [1.29, 1.82) is 0 Å². The topological polar surface area (TPSA) is 95.5 Å². The van der Waals surface area contributed by atoms with Crippen molar-refractivity contribution in [2.24, 2.45) is 0 Å².